The van der Waals surface area contributed by atoms with Crippen LogP contribution < -0.4 is 10.1 Å². The summed E-state index contributed by atoms with van der Waals surface area (Å²) in [6.07, 6.45) is 3.56. The van der Waals surface area contributed by atoms with Crippen LogP contribution in [0.3, 0.4) is 0 Å². The van der Waals surface area contributed by atoms with Crippen LogP contribution in [0.1, 0.15) is 48.5 Å². The molecule has 2 aromatic heterocycles. The van der Waals surface area contributed by atoms with Gasteiger partial charge in [0.2, 0.25) is 5.88 Å². The van der Waals surface area contributed by atoms with Crippen molar-refractivity contribution in [2.75, 3.05) is 25.0 Å². The number of aromatic nitrogens is 2. The van der Waals surface area contributed by atoms with Crippen LogP contribution in [-0.4, -0.2) is 40.5 Å². The Bertz CT molecular complexity index is 863. The van der Waals surface area contributed by atoms with E-state index in [-0.39, 0.29) is 18.6 Å². The molecule has 4 rings (SSSR count). The average molecular weight is 380 g/mol. The number of nitrogens with zero attached hydrogens (tertiary/aromatic N) is 3. The molecule has 1 saturated heterocycles. The van der Waals surface area contributed by atoms with E-state index in [1.165, 1.54) is 18.4 Å². The van der Waals surface area contributed by atoms with Crippen LogP contribution in [0.4, 0.5) is 5.69 Å². The first kappa shape index (κ1) is 18.9. The third-order valence-electron chi connectivity index (χ3n) is 5.69. The molecule has 0 radical (unpaired) electrons. The van der Waals surface area contributed by atoms with Gasteiger partial charge in [-0.05, 0) is 82.3 Å². The van der Waals surface area contributed by atoms with E-state index >= 15 is 0 Å². The second-order valence-electron chi connectivity index (χ2n) is 8.07. The molecule has 1 fully saturated rings. The Balaban J connectivity index is 1.44. The van der Waals surface area contributed by atoms with E-state index in [1.807, 2.05) is 12.1 Å². The number of aryl methyl sites for hydroxylation is 2. The molecule has 1 N–H and O–H groups in total. The van der Waals surface area contributed by atoms with E-state index in [2.05, 4.69) is 53.1 Å². The largest absolute Gasteiger partial charge is 0.466 e. The predicted molar refractivity (Wildman–Crippen MR) is 108 cm³/mol. The lowest BCUT2D eigenvalue weighted by atomic mass is 9.90. The van der Waals surface area contributed by atoms with Gasteiger partial charge in [0.15, 0.2) is 6.61 Å². The summed E-state index contributed by atoms with van der Waals surface area (Å²) in [5.74, 6) is 1.04. The summed E-state index contributed by atoms with van der Waals surface area (Å²) in [4.78, 5) is 23.1. The van der Waals surface area contributed by atoms with Gasteiger partial charge >= 0.3 is 0 Å². The van der Waals surface area contributed by atoms with Crippen molar-refractivity contribution in [2.24, 2.45) is 5.92 Å². The molecule has 0 bridgehead atoms. The van der Waals surface area contributed by atoms with Crippen molar-refractivity contribution < 1.29 is 9.53 Å². The number of rotatable bonds is 4. The first-order valence-electron chi connectivity index (χ1n) is 10.1. The number of piperidine rings is 1. The Morgan fingerprint density at radius 2 is 2.04 bits per heavy atom. The zero-order valence-corrected chi connectivity index (χ0v) is 16.9. The summed E-state index contributed by atoms with van der Waals surface area (Å²) in [5.41, 5.74) is 5.24. The van der Waals surface area contributed by atoms with E-state index < -0.39 is 0 Å². The normalized spacial score (nSPS) is 20.8. The van der Waals surface area contributed by atoms with E-state index in [0.29, 0.717) is 17.5 Å². The molecule has 0 unspecified atom stereocenters. The van der Waals surface area contributed by atoms with Gasteiger partial charge < -0.3 is 10.1 Å². The van der Waals surface area contributed by atoms with E-state index in [9.17, 15) is 4.79 Å². The van der Waals surface area contributed by atoms with Crippen LogP contribution in [0.25, 0.3) is 0 Å². The van der Waals surface area contributed by atoms with Gasteiger partial charge in [0.1, 0.15) is 5.69 Å². The second kappa shape index (κ2) is 7.87. The number of carbonyl (C=O) groups excluding carboxylic acids is 1. The lowest BCUT2D eigenvalue weighted by Crippen LogP contribution is -2.38. The van der Waals surface area contributed by atoms with Gasteiger partial charge in [-0.1, -0.05) is 0 Å². The fraction of sp³-hybridized carbons (Fsp3) is 0.500. The van der Waals surface area contributed by atoms with E-state index in [1.54, 1.807) is 0 Å². The lowest BCUT2D eigenvalue weighted by molar-refractivity contribution is -0.118. The summed E-state index contributed by atoms with van der Waals surface area (Å²) in [7, 11) is 0. The molecule has 2 aliphatic heterocycles. The third-order valence-corrected chi connectivity index (χ3v) is 5.69. The number of amides is 1. The number of anilines is 1. The summed E-state index contributed by atoms with van der Waals surface area (Å²) < 4.78 is 5.49. The molecule has 0 aliphatic carbocycles. The zero-order valence-electron chi connectivity index (χ0n) is 16.9. The zero-order chi connectivity index (χ0) is 19.7. The topological polar surface area (TPSA) is 67.4 Å². The van der Waals surface area contributed by atoms with Crippen LogP contribution in [-0.2, 0) is 11.2 Å². The minimum atomic E-state index is -0.129. The van der Waals surface area contributed by atoms with Crippen molar-refractivity contribution in [1.82, 2.24) is 14.9 Å². The Hall–Kier alpha value is -2.47. The molecule has 148 valence electrons. The smallest absolute Gasteiger partial charge is 0.262 e. The molecular formula is C22H28N4O2. The number of hydrogen-bond donors (Lipinski definition) is 1. The number of carbonyl (C=O) groups is 1. The Kier molecular flexibility index (Phi) is 5.31. The van der Waals surface area contributed by atoms with Gasteiger partial charge in [-0.25, -0.2) is 4.98 Å². The minimum absolute atomic E-state index is 0.0361. The summed E-state index contributed by atoms with van der Waals surface area (Å²) in [6, 6.07) is 8.54. The first-order chi connectivity index (χ1) is 13.5. The molecule has 4 heterocycles. The quantitative estimate of drug-likeness (QED) is 0.880. The molecule has 2 aliphatic rings. The van der Waals surface area contributed by atoms with E-state index in [0.717, 1.165) is 36.6 Å². The molecule has 1 amide bonds. The highest BCUT2D eigenvalue weighted by atomic mass is 16.5. The van der Waals surface area contributed by atoms with Crippen LogP contribution in [0.2, 0.25) is 0 Å². The standard InChI is InChI=1S/C22H28N4O2/c1-14-9-18(10-15(2)23-14)11-17-5-4-8-26(12-17)16(3)19-6-7-20-22(25-19)28-13-21(27)24-20/h6-7,9-10,16-17H,4-5,8,11-13H2,1-3H3,(H,24,27)/t16-,17+/m0/s1. The molecule has 0 aromatic carbocycles. The highest BCUT2D eigenvalue weighted by Crippen LogP contribution is 2.31. The molecule has 6 heteroatoms. The molecule has 2 aromatic rings. The number of nitrogens with one attached hydrogen (secondary N) is 1. The Morgan fingerprint density at radius 3 is 2.82 bits per heavy atom. The molecular weight excluding hydrogens is 352 g/mol. The number of hydrogen-bond acceptors (Lipinski definition) is 5. The fourth-order valence-corrected chi connectivity index (χ4v) is 4.39. The highest BCUT2D eigenvalue weighted by molar-refractivity contribution is 5.94. The van der Waals surface area contributed by atoms with E-state index in [4.69, 9.17) is 4.74 Å². The number of pyridine rings is 2. The van der Waals surface area contributed by atoms with Crippen LogP contribution >= 0.6 is 0 Å². The van der Waals surface area contributed by atoms with Crippen molar-refractivity contribution >= 4 is 11.6 Å². The molecule has 28 heavy (non-hydrogen) atoms. The first-order valence-corrected chi connectivity index (χ1v) is 10.1. The van der Waals surface area contributed by atoms with Gasteiger partial charge in [-0.3, -0.25) is 14.7 Å². The number of likely N-dealkylation sites (tertiary alicyclic amines) is 1. The van der Waals surface area contributed by atoms with Gasteiger partial charge in [0, 0.05) is 24.0 Å². The van der Waals surface area contributed by atoms with Crippen molar-refractivity contribution in [3.05, 3.63) is 46.9 Å². The van der Waals surface area contributed by atoms with Crippen molar-refractivity contribution in [1.29, 1.82) is 0 Å². The van der Waals surface area contributed by atoms with Crippen LogP contribution in [0.15, 0.2) is 24.3 Å². The highest BCUT2D eigenvalue weighted by Gasteiger charge is 2.27. The monoisotopic (exact) mass is 380 g/mol. The maximum absolute atomic E-state index is 11.4. The summed E-state index contributed by atoms with van der Waals surface area (Å²) in [6.45, 7) is 8.53. The van der Waals surface area contributed by atoms with Crippen LogP contribution in [0, 0.1) is 19.8 Å². The number of ether oxygens (including phenoxy) is 1. The summed E-state index contributed by atoms with van der Waals surface area (Å²) >= 11 is 0. The van der Waals surface area contributed by atoms with Gasteiger partial charge in [0.25, 0.3) is 5.91 Å². The molecule has 2 atom stereocenters. The molecule has 6 nitrogen and oxygen atoms in total. The maximum atomic E-state index is 11.4. The SMILES string of the molecule is Cc1cc(C[C@H]2CCCN([C@@H](C)c3ccc4c(n3)OCC(=O)N4)C2)cc(C)n1. The summed E-state index contributed by atoms with van der Waals surface area (Å²) in [5, 5.41) is 2.80. The van der Waals surface area contributed by atoms with Gasteiger partial charge in [0.05, 0.1) is 5.69 Å². The Morgan fingerprint density at radius 1 is 1.25 bits per heavy atom. The Labute approximate surface area is 166 Å². The van der Waals surface area contributed by atoms with Crippen LogP contribution in [0.5, 0.6) is 5.88 Å². The number of fused-ring (bicyclic) bond motifs is 1. The van der Waals surface area contributed by atoms with Crippen molar-refractivity contribution in [2.45, 2.75) is 46.1 Å². The predicted octanol–water partition coefficient (Wildman–Crippen LogP) is 3.44. The maximum Gasteiger partial charge on any atom is 0.262 e. The fourth-order valence-electron chi connectivity index (χ4n) is 4.39. The van der Waals surface area contributed by atoms with Crippen molar-refractivity contribution in [3.63, 3.8) is 0 Å². The molecule has 0 saturated carbocycles. The third kappa shape index (κ3) is 4.17. The second-order valence-corrected chi connectivity index (χ2v) is 8.07. The van der Waals surface area contributed by atoms with Gasteiger partial charge in [-0.15, -0.1) is 0 Å². The lowest BCUT2D eigenvalue weighted by Gasteiger charge is -2.37. The average Bonchev–Trinajstić information content (AvgIpc) is 2.66. The molecule has 0 spiro atoms. The van der Waals surface area contributed by atoms with Crippen molar-refractivity contribution in [3.8, 4) is 5.88 Å². The minimum Gasteiger partial charge on any atom is -0.466 e. The van der Waals surface area contributed by atoms with Gasteiger partial charge in [-0.2, -0.15) is 0 Å².